The zero-order valence-electron chi connectivity index (χ0n) is 21.2. The molecule has 1 aliphatic heterocycles. The SMILES string of the molecule is Cc1ccc(Oc2cnn(-c3ccc(F)cc3)c(=O)c2Nc2cccc(C(=O)N3CCN(C)CC3)c2)cc1. The van der Waals surface area contributed by atoms with Gasteiger partial charge < -0.3 is 19.9 Å². The molecule has 1 N–H and O–H groups in total. The Balaban J connectivity index is 1.50. The maximum Gasteiger partial charge on any atom is 0.299 e. The van der Waals surface area contributed by atoms with Crippen molar-refractivity contribution >= 4 is 17.3 Å². The van der Waals surface area contributed by atoms with Crippen LogP contribution in [0.15, 0.2) is 83.8 Å². The van der Waals surface area contributed by atoms with Crippen LogP contribution in [-0.2, 0) is 0 Å². The van der Waals surface area contributed by atoms with Crippen molar-refractivity contribution in [1.82, 2.24) is 19.6 Å². The first-order valence-electron chi connectivity index (χ1n) is 12.3. The van der Waals surface area contributed by atoms with Gasteiger partial charge in [0.25, 0.3) is 11.5 Å². The predicted molar refractivity (Wildman–Crippen MR) is 144 cm³/mol. The van der Waals surface area contributed by atoms with E-state index in [9.17, 15) is 14.0 Å². The minimum atomic E-state index is -0.489. The highest BCUT2D eigenvalue weighted by Gasteiger charge is 2.21. The normalized spacial score (nSPS) is 13.8. The van der Waals surface area contributed by atoms with Gasteiger partial charge in [-0.15, -0.1) is 0 Å². The molecule has 1 fully saturated rings. The van der Waals surface area contributed by atoms with E-state index in [-0.39, 0.29) is 17.3 Å². The van der Waals surface area contributed by atoms with Crippen LogP contribution >= 0.6 is 0 Å². The van der Waals surface area contributed by atoms with Gasteiger partial charge in [0.1, 0.15) is 11.6 Å². The third-order valence-corrected chi connectivity index (χ3v) is 6.43. The van der Waals surface area contributed by atoms with E-state index >= 15 is 0 Å². The number of nitrogens with zero attached hydrogens (tertiary/aromatic N) is 4. The van der Waals surface area contributed by atoms with E-state index in [2.05, 4.69) is 15.3 Å². The predicted octanol–water partition coefficient (Wildman–Crippen LogP) is 4.60. The Bertz CT molecular complexity index is 1490. The van der Waals surface area contributed by atoms with Gasteiger partial charge >= 0.3 is 0 Å². The molecule has 0 radical (unpaired) electrons. The lowest BCUT2D eigenvalue weighted by Crippen LogP contribution is -2.47. The van der Waals surface area contributed by atoms with Crippen molar-refractivity contribution in [3.63, 3.8) is 0 Å². The Labute approximate surface area is 219 Å². The highest BCUT2D eigenvalue weighted by atomic mass is 19.1. The average molecular weight is 514 g/mol. The molecule has 0 atom stereocenters. The summed E-state index contributed by atoms with van der Waals surface area (Å²) >= 11 is 0. The van der Waals surface area contributed by atoms with Crippen molar-refractivity contribution in [2.24, 2.45) is 0 Å². The number of hydrogen-bond acceptors (Lipinski definition) is 6. The molecule has 1 saturated heterocycles. The number of halogens is 1. The first-order valence-corrected chi connectivity index (χ1v) is 12.3. The summed E-state index contributed by atoms with van der Waals surface area (Å²) in [6.07, 6.45) is 1.44. The highest BCUT2D eigenvalue weighted by Crippen LogP contribution is 2.29. The number of ether oxygens (including phenoxy) is 1. The Hall–Kier alpha value is -4.50. The summed E-state index contributed by atoms with van der Waals surface area (Å²) in [5.41, 5.74) is 2.19. The lowest BCUT2D eigenvalue weighted by atomic mass is 10.1. The summed E-state index contributed by atoms with van der Waals surface area (Å²) in [6.45, 7) is 4.94. The van der Waals surface area contributed by atoms with Gasteiger partial charge in [0.05, 0.1) is 11.9 Å². The number of benzene rings is 3. The molecule has 5 rings (SSSR count). The van der Waals surface area contributed by atoms with E-state index < -0.39 is 11.4 Å². The number of amides is 1. The van der Waals surface area contributed by atoms with Gasteiger partial charge in [-0.05, 0) is 68.6 Å². The van der Waals surface area contributed by atoms with Crippen LogP contribution in [0.3, 0.4) is 0 Å². The first-order chi connectivity index (χ1) is 18.4. The zero-order chi connectivity index (χ0) is 26.6. The fourth-order valence-corrected chi connectivity index (χ4v) is 4.20. The molecule has 3 aromatic carbocycles. The average Bonchev–Trinajstić information content (AvgIpc) is 2.93. The lowest BCUT2D eigenvalue weighted by Gasteiger charge is -2.32. The molecule has 0 unspecified atom stereocenters. The minimum Gasteiger partial charge on any atom is -0.453 e. The minimum absolute atomic E-state index is 0.0590. The molecule has 0 bridgehead atoms. The summed E-state index contributed by atoms with van der Waals surface area (Å²) in [5, 5.41) is 7.41. The molecule has 194 valence electrons. The fourth-order valence-electron chi connectivity index (χ4n) is 4.20. The number of rotatable bonds is 6. The summed E-state index contributed by atoms with van der Waals surface area (Å²) in [6, 6.07) is 19.9. The van der Waals surface area contributed by atoms with Crippen molar-refractivity contribution in [3.05, 3.63) is 106 Å². The van der Waals surface area contributed by atoms with E-state index in [1.54, 1.807) is 36.4 Å². The van der Waals surface area contributed by atoms with E-state index in [0.29, 0.717) is 35.8 Å². The van der Waals surface area contributed by atoms with Crippen molar-refractivity contribution in [2.45, 2.75) is 6.92 Å². The fraction of sp³-hybridized carbons (Fsp3) is 0.207. The number of carbonyl (C=O) groups is 1. The van der Waals surface area contributed by atoms with Crippen molar-refractivity contribution in [1.29, 1.82) is 0 Å². The molecule has 2 heterocycles. The Morgan fingerprint density at radius 1 is 0.974 bits per heavy atom. The van der Waals surface area contributed by atoms with Crippen molar-refractivity contribution in [3.8, 4) is 17.2 Å². The summed E-state index contributed by atoms with van der Waals surface area (Å²) in [5.74, 6) is 0.282. The van der Waals surface area contributed by atoms with Gasteiger partial charge in [-0.25, -0.2) is 4.39 Å². The lowest BCUT2D eigenvalue weighted by molar-refractivity contribution is 0.0664. The van der Waals surface area contributed by atoms with E-state index in [4.69, 9.17) is 4.74 Å². The van der Waals surface area contributed by atoms with Crippen LogP contribution in [0.25, 0.3) is 5.69 Å². The number of likely N-dealkylation sites (N-methyl/N-ethyl adjacent to an activating group) is 1. The van der Waals surface area contributed by atoms with Gasteiger partial charge in [-0.2, -0.15) is 9.78 Å². The Kier molecular flexibility index (Phi) is 7.19. The molecule has 0 spiro atoms. The monoisotopic (exact) mass is 513 g/mol. The number of hydrogen-bond donors (Lipinski definition) is 1. The van der Waals surface area contributed by atoms with Gasteiger partial charge in [0.2, 0.25) is 0 Å². The van der Waals surface area contributed by atoms with Crippen molar-refractivity contribution in [2.75, 3.05) is 38.5 Å². The van der Waals surface area contributed by atoms with Crippen molar-refractivity contribution < 1.29 is 13.9 Å². The van der Waals surface area contributed by atoms with E-state index in [1.165, 1.54) is 35.1 Å². The summed E-state index contributed by atoms with van der Waals surface area (Å²) < 4.78 is 20.7. The number of piperazine rings is 1. The number of carbonyl (C=O) groups excluding carboxylic acids is 1. The van der Waals surface area contributed by atoms with Crippen LogP contribution in [0.5, 0.6) is 11.5 Å². The second-order valence-corrected chi connectivity index (χ2v) is 9.29. The highest BCUT2D eigenvalue weighted by molar-refractivity contribution is 5.95. The molecular weight excluding hydrogens is 485 g/mol. The summed E-state index contributed by atoms with van der Waals surface area (Å²) in [4.78, 5) is 30.8. The van der Waals surface area contributed by atoms with Gasteiger partial charge in [-0.3, -0.25) is 9.59 Å². The van der Waals surface area contributed by atoms with Gasteiger partial charge in [-0.1, -0.05) is 23.8 Å². The van der Waals surface area contributed by atoms with Gasteiger partial charge in [0, 0.05) is 37.4 Å². The Morgan fingerprint density at radius 3 is 2.39 bits per heavy atom. The van der Waals surface area contributed by atoms with Crippen LogP contribution < -0.4 is 15.6 Å². The van der Waals surface area contributed by atoms with E-state index in [0.717, 1.165) is 18.7 Å². The molecule has 1 aliphatic rings. The molecule has 9 heteroatoms. The third-order valence-electron chi connectivity index (χ3n) is 6.43. The van der Waals surface area contributed by atoms with Gasteiger partial charge in [0.15, 0.2) is 11.4 Å². The zero-order valence-corrected chi connectivity index (χ0v) is 21.2. The quantitative estimate of drug-likeness (QED) is 0.406. The smallest absolute Gasteiger partial charge is 0.299 e. The maximum absolute atomic E-state index is 13.6. The molecule has 0 saturated carbocycles. The largest absolute Gasteiger partial charge is 0.453 e. The standard InChI is InChI=1S/C29H28FN5O3/c1-20-6-12-25(13-7-20)38-26-19-31-35(24-10-8-22(30)9-11-24)29(37)27(26)32-23-5-3-4-21(18-23)28(36)34-16-14-33(2)15-17-34/h3-13,18-19,32H,14-17H2,1-2H3. The molecule has 38 heavy (non-hydrogen) atoms. The van der Waals surface area contributed by atoms with Crippen LogP contribution in [0, 0.1) is 12.7 Å². The van der Waals surface area contributed by atoms with Crippen LogP contribution in [0.4, 0.5) is 15.8 Å². The molecule has 4 aromatic rings. The van der Waals surface area contributed by atoms with Crippen LogP contribution in [0.2, 0.25) is 0 Å². The number of anilines is 2. The third kappa shape index (κ3) is 5.57. The number of aryl methyl sites for hydroxylation is 1. The Morgan fingerprint density at radius 2 is 1.68 bits per heavy atom. The van der Waals surface area contributed by atoms with E-state index in [1.807, 2.05) is 31.0 Å². The first kappa shape index (κ1) is 25.2. The molecule has 1 aromatic heterocycles. The molecule has 8 nitrogen and oxygen atoms in total. The molecule has 0 aliphatic carbocycles. The second kappa shape index (κ2) is 10.9. The van der Waals surface area contributed by atoms with Crippen LogP contribution in [0.1, 0.15) is 15.9 Å². The second-order valence-electron chi connectivity index (χ2n) is 9.29. The number of nitrogens with one attached hydrogen (secondary N) is 1. The number of aromatic nitrogens is 2. The topological polar surface area (TPSA) is 79.7 Å². The molecular formula is C29H28FN5O3. The summed E-state index contributed by atoms with van der Waals surface area (Å²) in [7, 11) is 2.04. The maximum atomic E-state index is 13.6. The van der Waals surface area contributed by atoms with Crippen LogP contribution in [-0.4, -0.2) is 58.7 Å². The molecule has 1 amide bonds.